The molecule has 0 bridgehead atoms. The third-order valence-corrected chi connectivity index (χ3v) is 4.24. The van der Waals surface area contributed by atoms with Gasteiger partial charge < -0.3 is 10.3 Å². The van der Waals surface area contributed by atoms with E-state index in [1.165, 1.54) is 19.3 Å². The Morgan fingerprint density at radius 2 is 2.11 bits per heavy atom. The average molecular weight is 256 g/mol. The number of amides is 1. The molecule has 1 amide bonds. The first kappa shape index (κ1) is 12.3. The molecule has 19 heavy (non-hydrogen) atoms. The fourth-order valence-electron chi connectivity index (χ4n) is 2.98. The largest absolute Gasteiger partial charge is 0.361 e. The van der Waals surface area contributed by atoms with E-state index < -0.39 is 0 Å². The van der Waals surface area contributed by atoms with Crippen molar-refractivity contribution in [2.75, 3.05) is 0 Å². The maximum atomic E-state index is 12.3. The number of aromatic amines is 1. The molecule has 3 rings (SSSR count). The zero-order valence-corrected chi connectivity index (χ0v) is 11.3. The molecule has 1 aromatic carbocycles. The van der Waals surface area contributed by atoms with Crippen molar-refractivity contribution in [1.82, 2.24) is 10.3 Å². The number of H-pyrrole nitrogens is 1. The smallest absolute Gasteiger partial charge is 0.251 e. The molecule has 2 aromatic rings. The van der Waals surface area contributed by atoms with Gasteiger partial charge in [-0.3, -0.25) is 4.79 Å². The maximum absolute atomic E-state index is 12.3. The molecule has 100 valence electrons. The second kappa shape index (κ2) is 5.08. The summed E-state index contributed by atoms with van der Waals surface area (Å²) in [5.41, 5.74) is 1.83. The van der Waals surface area contributed by atoms with Gasteiger partial charge in [0.2, 0.25) is 0 Å². The zero-order valence-electron chi connectivity index (χ0n) is 11.3. The highest BCUT2D eigenvalue weighted by atomic mass is 16.1. The van der Waals surface area contributed by atoms with E-state index in [0.717, 1.165) is 22.9 Å². The van der Waals surface area contributed by atoms with Gasteiger partial charge in [-0.15, -0.1) is 0 Å². The van der Waals surface area contributed by atoms with Crippen LogP contribution in [0.15, 0.2) is 30.5 Å². The summed E-state index contributed by atoms with van der Waals surface area (Å²) in [6.07, 6.45) is 6.76. The number of fused-ring (bicyclic) bond motifs is 1. The van der Waals surface area contributed by atoms with Crippen molar-refractivity contribution in [3.63, 3.8) is 0 Å². The summed E-state index contributed by atoms with van der Waals surface area (Å²) in [7, 11) is 0. The Morgan fingerprint density at radius 1 is 1.26 bits per heavy atom. The van der Waals surface area contributed by atoms with Crippen molar-refractivity contribution in [3.05, 3.63) is 36.0 Å². The highest BCUT2D eigenvalue weighted by Gasteiger charge is 2.23. The predicted octanol–water partition coefficient (Wildman–Crippen LogP) is 3.48. The lowest BCUT2D eigenvalue weighted by Gasteiger charge is -2.29. The average Bonchev–Trinajstić information content (AvgIpc) is 2.88. The number of nitrogens with one attached hydrogen (secondary N) is 2. The van der Waals surface area contributed by atoms with E-state index in [2.05, 4.69) is 17.2 Å². The van der Waals surface area contributed by atoms with Crippen LogP contribution in [0, 0.1) is 5.92 Å². The van der Waals surface area contributed by atoms with Crippen LogP contribution in [-0.4, -0.2) is 16.9 Å². The summed E-state index contributed by atoms with van der Waals surface area (Å²) in [4.78, 5) is 15.4. The predicted molar refractivity (Wildman–Crippen MR) is 77.2 cm³/mol. The molecule has 2 atom stereocenters. The normalized spacial score (nSPS) is 23.4. The van der Waals surface area contributed by atoms with Crippen LogP contribution in [0.3, 0.4) is 0 Å². The third kappa shape index (κ3) is 2.50. The quantitative estimate of drug-likeness (QED) is 0.849. The standard InChI is InChI=1S/C16H20N2O/c1-11-4-2-3-5-14(11)18-16(19)13-6-7-15-12(10-13)8-9-17-15/h6-11,14,17H,2-5H2,1H3,(H,18,19). The summed E-state index contributed by atoms with van der Waals surface area (Å²) >= 11 is 0. The van der Waals surface area contributed by atoms with Crippen LogP contribution in [0.2, 0.25) is 0 Å². The van der Waals surface area contributed by atoms with E-state index in [9.17, 15) is 4.79 Å². The summed E-state index contributed by atoms with van der Waals surface area (Å²) < 4.78 is 0. The first-order valence-electron chi connectivity index (χ1n) is 7.12. The van der Waals surface area contributed by atoms with Gasteiger partial charge in [-0.1, -0.05) is 19.8 Å². The molecule has 2 N–H and O–H groups in total. The molecule has 0 saturated heterocycles. The Hall–Kier alpha value is -1.77. The van der Waals surface area contributed by atoms with Crippen molar-refractivity contribution in [3.8, 4) is 0 Å². The van der Waals surface area contributed by atoms with E-state index in [4.69, 9.17) is 0 Å². The van der Waals surface area contributed by atoms with E-state index >= 15 is 0 Å². The summed E-state index contributed by atoms with van der Waals surface area (Å²) in [6, 6.07) is 8.14. The van der Waals surface area contributed by atoms with Gasteiger partial charge in [0.25, 0.3) is 5.91 Å². The van der Waals surface area contributed by atoms with Crippen LogP contribution in [0.1, 0.15) is 43.0 Å². The number of rotatable bonds is 2. The molecule has 1 aliphatic rings. The molecule has 3 heteroatoms. The molecule has 1 heterocycles. The van der Waals surface area contributed by atoms with Crippen molar-refractivity contribution >= 4 is 16.8 Å². The summed E-state index contributed by atoms with van der Waals surface area (Å²) in [5, 5.41) is 4.28. The molecule has 0 radical (unpaired) electrons. The number of aromatic nitrogens is 1. The van der Waals surface area contributed by atoms with Gasteiger partial charge in [0.15, 0.2) is 0 Å². The van der Waals surface area contributed by atoms with Crippen LogP contribution in [0.5, 0.6) is 0 Å². The fraction of sp³-hybridized carbons (Fsp3) is 0.438. The minimum absolute atomic E-state index is 0.0573. The minimum atomic E-state index is 0.0573. The molecular formula is C16H20N2O. The van der Waals surface area contributed by atoms with E-state index in [1.54, 1.807) is 0 Å². The lowest BCUT2D eigenvalue weighted by molar-refractivity contribution is 0.0910. The molecule has 0 aliphatic heterocycles. The number of carbonyl (C=O) groups excluding carboxylic acids is 1. The number of benzene rings is 1. The van der Waals surface area contributed by atoms with Gasteiger partial charge in [-0.05, 0) is 43.0 Å². The van der Waals surface area contributed by atoms with E-state index in [1.807, 2.05) is 30.5 Å². The molecule has 1 aliphatic carbocycles. The topological polar surface area (TPSA) is 44.9 Å². The van der Waals surface area contributed by atoms with Gasteiger partial charge >= 0.3 is 0 Å². The van der Waals surface area contributed by atoms with Crippen LogP contribution in [0.4, 0.5) is 0 Å². The second-order valence-corrected chi connectivity index (χ2v) is 5.62. The third-order valence-electron chi connectivity index (χ3n) is 4.24. The molecule has 0 spiro atoms. The van der Waals surface area contributed by atoms with Gasteiger partial charge in [0.05, 0.1) is 0 Å². The lowest BCUT2D eigenvalue weighted by Crippen LogP contribution is -2.41. The Labute approximate surface area is 113 Å². The SMILES string of the molecule is CC1CCCCC1NC(=O)c1ccc2[nH]ccc2c1. The van der Waals surface area contributed by atoms with Gasteiger partial charge in [0, 0.05) is 28.7 Å². The van der Waals surface area contributed by atoms with Crippen LogP contribution < -0.4 is 5.32 Å². The zero-order chi connectivity index (χ0) is 13.2. The maximum Gasteiger partial charge on any atom is 0.251 e. The number of hydrogen-bond acceptors (Lipinski definition) is 1. The minimum Gasteiger partial charge on any atom is -0.361 e. The molecule has 2 unspecified atom stereocenters. The molecule has 3 nitrogen and oxygen atoms in total. The van der Waals surface area contributed by atoms with Crippen molar-refractivity contribution in [2.24, 2.45) is 5.92 Å². The van der Waals surface area contributed by atoms with Crippen LogP contribution in [0.25, 0.3) is 10.9 Å². The highest BCUT2D eigenvalue weighted by Crippen LogP contribution is 2.24. The monoisotopic (exact) mass is 256 g/mol. The number of hydrogen-bond donors (Lipinski definition) is 2. The van der Waals surface area contributed by atoms with Crippen LogP contribution in [-0.2, 0) is 0 Å². The Kier molecular flexibility index (Phi) is 3.28. The fourth-order valence-corrected chi connectivity index (χ4v) is 2.98. The second-order valence-electron chi connectivity index (χ2n) is 5.62. The van der Waals surface area contributed by atoms with Crippen molar-refractivity contribution < 1.29 is 4.79 Å². The summed E-state index contributed by atoms with van der Waals surface area (Å²) in [6.45, 7) is 2.24. The van der Waals surface area contributed by atoms with E-state index in [-0.39, 0.29) is 5.91 Å². The first-order chi connectivity index (χ1) is 9.24. The Morgan fingerprint density at radius 3 is 2.95 bits per heavy atom. The molecular weight excluding hydrogens is 236 g/mol. The number of carbonyl (C=O) groups is 1. The van der Waals surface area contributed by atoms with Crippen LogP contribution >= 0.6 is 0 Å². The Bertz CT molecular complexity index is 587. The van der Waals surface area contributed by atoms with Gasteiger partial charge in [-0.2, -0.15) is 0 Å². The van der Waals surface area contributed by atoms with E-state index in [0.29, 0.717) is 12.0 Å². The molecule has 1 saturated carbocycles. The molecule has 1 aromatic heterocycles. The van der Waals surface area contributed by atoms with Crippen molar-refractivity contribution in [1.29, 1.82) is 0 Å². The first-order valence-corrected chi connectivity index (χ1v) is 7.12. The van der Waals surface area contributed by atoms with Gasteiger partial charge in [0.1, 0.15) is 0 Å². The Balaban J connectivity index is 1.75. The molecule has 1 fully saturated rings. The lowest BCUT2D eigenvalue weighted by atomic mass is 9.86. The van der Waals surface area contributed by atoms with Crippen molar-refractivity contribution in [2.45, 2.75) is 38.6 Å². The summed E-state index contributed by atoms with van der Waals surface area (Å²) in [5.74, 6) is 0.649. The van der Waals surface area contributed by atoms with Gasteiger partial charge in [-0.25, -0.2) is 0 Å². The highest BCUT2D eigenvalue weighted by molar-refractivity contribution is 5.98.